The third-order valence-electron chi connectivity index (χ3n) is 4.97. The molecule has 1 fully saturated rings. The van der Waals surface area contributed by atoms with Crippen molar-refractivity contribution in [2.45, 2.75) is 32.6 Å². The number of likely N-dealkylation sites (tertiary alicyclic amines) is 1. The van der Waals surface area contributed by atoms with Crippen LogP contribution in [0.15, 0.2) is 34.9 Å². The fourth-order valence-electron chi connectivity index (χ4n) is 3.40. The Labute approximate surface area is 154 Å². The van der Waals surface area contributed by atoms with Crippen LogP contribution in [0.25, 0.3) is 0 Å². The third kappa shape index (κ3) is 5.33. The van der Waals surface area contributed by atoms with Crippen molar-refractivity contribution in [1.82, 2.24) is 10.1 Å². The highest BCUT2D eigenvalue weighted by atomic mass is 16.5. The second-order valence-electron chi connectivity index (χ2n) is 6.99. The first kappa shape index (κ1) is 18.5. The van der Waals surface area contributed by atoms with Crippen LogP contribution in [0.4, 0.5) is 5.88 Å². The molecule has 0 atom stereocenters. The molecule has 1 aliphatic heterocycles. The lowest BCUT2D eigenvalue weighted by molar-refractivity contribution is -0.117. The van der Waals surface area contributed by atoms with E-state index in [0.29, 0.717) is 12.4 Å². The molecule has 1 saturated heterocycles. The molecule has 1 aliphatic rings. The molecule has 3 rings (SSSR count). The number of amides is 1. The maximum Gasteiger partial charge on any atom is 0.240 e. The summed E-state index contributed by atoms with van der Waals surface area (Å²) in [5, 5.41) is 6.53. The number of ether oxygens (including phenoxy) is 1. The van der Waals surface area contributed by atoms with Gasteiger partial charge in [0.1, 0.15) is 5.75 Å². The molecule has 2 heterocycles. The average molecular weight is 357 g/mol. The van der Waals surface area contributed by atoms with Gasteiger partial charge in [0.15, 0.2) is 0 Å². The van der Waals surface area contributed by atoms with Gasteiger partial charge in [-0.1, -0.05) is 17.3 Å². The number of aromatic nitrogens is 1. The Morgan fingerprint density at radius 3 is 2.65 bits per heavy atom. The van der Waals surface area contributed by atoms with Crippen molar-refractivity contribution in [2.24, 2.45) is 5.92 Å². The summed E-state index contributed by atoms with van der Waals surface area (Å²) in [6.07, 6.45) is 4.58. The number of rotatable bonds is 7. The average Bonchev–Trinajstić information content (AvgIpc) is 3.06. The zero-order chi connectivity index (χ0) is 18.4. The number of carbonyl (C=O) groups excluding carboxylic acids is 1. The lowest BCUT2D eigenvalue weighted by atomic mass is 9.90. The Bertz CT molecular complexity index is 703. The number of methoxy groups -OCH3 is 1. The van der Waals surface area contributed by atoms with E-state index in [4.69, 9.17) is 9.26 Å². The van der Waals surface area contributed by atoms with Gasteiger partial charge in [0.05, 0.1) is 19.3 Å². The van der Waals surface area contributed by atoms with Gasteiger partial charge in [0.25, 0.3) is 0 Å². The fourth-order valence-corrected chi connectivity index (χ4v) is 3.40. The largest absolute Gasteiger partial charge is 0.497 e. The maximum absolute atomic E-state index is 12.1. The Morgan fingerprint density at radius 1 is 1.31 bits per heavy atom. The molecule has 140 valence electrons. The molecule has 6 nitrogen and oxygen atoms in total. The zero-order valence-corrected chi connectivity index (χ0v) is 15.5. The summed E-state index contributed by atoms with van der Waals surface area (Å²) in [4.78, 5) is 14.3. The lowest BCUT2D eigenvalue weighted by Gasteiger charge is -2.31. The lowest BCUT2D eigenvalue weighted by Crippen LogP contribution is -2.39. The molecule has 0 spiro atoms. The van der Waals surface area contributed by atoms with E-state index in [-0.39, 0.29) is 5.91 Å². The van der Waals surface area contributed by atoms with Crippen molar-refractivity contribution in [2.75, 3.05) is 32.1 Å². The molecule has 1 aromatic heterocycles. The van der Waals surface area contributed by atoms with Gasteiger partial charge < -0.3 is 9.26 Å². The number of aryl methyl sites for hydroxylation is 2. The van der Waals surface area contributed by atoms with Crippen molar-refractivity contribution in [3.63, 3.8) is 0 Å². The topological polar surface area (TPSA) is 67.6 Å². The van der Waals surface area contributed by atoms with Crippen molar-refractivity contribution in [3.05, 3.63) is 41.6 Å². The molecule has 1 amide bonds. The summed E-state index contributed by atoms with van der Waals surface area (Å²) in [5.74, 6) is 2.01. The van der Waals surface area contributed by atoms with Gasteiger partial charge in [-0.25, -0.2) is 0 Å². The van der Waals surface area contributed by atoms with E-state index >= 15 is 0 Å². The molecule has 26 heavy (non-hydrogen) atoms. The van der Waals surface area contributed by atoms with Crippen LogP contribution in [0, 0.1) is 12.8 Å². The Hall–Kier alpha value is -2.34. The van der Waals surface area contributed by atoms with E-state index in [9.17, 15) is 4.79 Å². The van der Waals surface area contributed by atoms with Crippen molar-refractivity contribution in [3.8, 4) is 5.75 Å². The van der Waals surface area contributed by atoms with Gasteiger partial charge in [0, 0.05) is 6.07 Å². The number of nitrogens with zero attached hydrogens (tertiary/aromatic N) is 2. The van der Waals surface area contributed by atoms with E-state index in [1.54, 1.807) is 13.2 Å². The summed E-state index contributed by atoms with van der Waals surface area (Å²) in [5.41, 5.74) is 2.12. The Morgan fingerprint density at radius 2 is 2.04 bits per heavy atom. The first-order chi connectivity index (χ1) is 12.6. The standard InChI is InChI=1S/C20H27N3O3/c1-15-13-20(26-22-15)21-19(24)14-23-11-9-17(10-12-23)4-3-16-5-7-18(25-2)8-6-16/h5-8,13,17H,3-4,9-12,14H2,1-2H3,(H,21,24). The van der Waals surface area contributed by atoms with Gasteiger partial charge in [-0.05, 0) is 69.3 Å². The quantitative estimate of drug-likeness (QED) is 0.824. The number of benzene rings is 1. The molecule has 6 heteroatoms. The minimum absolute atomic E-state index is 0.0437. The van der Waals surface area contributed by atoms with Crippen LogP contribution in [-0.2, 0) is 11.2 Å². The minimum atomic E-state index is -0.0437. The SMILES string of the molecule is COc1ccc(CCC2CCN(CC(=O)Nc3cc(C)no3)CC2)cc1. The molecule has 0 aliphatic carbocycles. The molecular weight excluding hydrogens is 330 g/mol. The molecule has 0 saturated carbocycles. The Kier molecular flexibility index (Phi) is 6.28. The number of carbonyl (C=O) groups is 1. The van der Waals surface area contributed by atoms with Gasteiger partial charge in [-0.15, -0.1) is 0 Å². The number of piperidine rings is 1. The summed E-state index contributed by atoms with van der Waals surface area (Å²) < 4.78 is 10.2. The number of hydrogen-bond acceptors (Lipinski definition) is 5. The smallest absolute Gasteiger partial charge is 0.240 e. The van der Waals surface area contributed by atoms with Crippen LogP contribution in [-0.4, -0.2) is 42.7 Å². The predicted molar refractivity (Wildman–Crippen MR) is 100 cm³/mol. The van der Waals surface area contributed by atoms with Crippen molar-refractivity contribution in [1.29, 1.82) is 0 Å². The highest BCUT2D eigenvalue weighted by Gasteiger charge is 2.21. The molecule has 1 N–H and O–H groups in total. The van der Waals surface area contributed by atoms with Crippen LogP contribution in [0.3, 0.4) is 0 Å². The highest BCUT2D eigenvalue weighted by molar-refractivity contribution is 5.90. The van der Waals surface area contributed by atoms with E-state index in [2.05, 4.69) is 27.5 Å². The number of anilines is 1. The molecule has 0 radical (unpaired) electrons. The van der Waals surface area contributed by atoms with Gasteiger partial charge in [-0.3, -0.25) is 15.0 Å². The number of nitrogens with one attached hydrogen (secondary N) is 1. The molecule has 1 aromatic carbocycles. The first-order valence-corrected chi connectivity index (χ1v) is 9.21. The molecule has 2 aromatic rings. The van der Waals surface area contributed by atoms with Gasteiger partial charge in [-0.2, -0.15) is 0 Å². The van der Waals surface area contributed by atoms with Gasteiger partial charge >= 0.3 is 0 Å². The van der Waals surface area contributed by atoms with Crippen LogP contribution in [0.5, 0.6) is 5.75 Å². The monoisotopic (exact) mass is 357 g/mol. The molecular formula is C20H27N3O3. The van der Waals surface area contributed by atoms with Gasteiger partial charge in [0.2, 0.25) is 11.8 Å². The zero-order valence-electron chi connectivity index (χ0n) is 15.5. The fraction of sp³-hybridized carbons (Fsp3) is 0.500. The minimum Gasteiger partial charge on any atom is -0.497 e. The molecule has 0 bridgehead atoms. The van der Waals surface area contributed by atoms with Crippen LogP contribution in [0.1, 0.15) is 30.5 Å². The van der Waals surface area contributed by atoms with E-state index < -0.39 is 0 Å². The van der Waals surface area contributed by atoms with Crippen LogP contribution < -0.4 is 10.1 Å². The summed E-state index contributed by atoms with van der Waals surface area (Å²) >= 11 is 0. The van der Waals surface area contributed by atoms with Crippen LogP contribution in [0.2, 0.25) is 0 Å². The normalized spacial score (nSPS) is 15.8. The summed E-state index contributed by atoms with van der Waals surface area (Å²) in [6, 6.07) is 10.1. The van der Waals surface area contributed by atoms with E-state index in [0.717, 1.165) is 49.7 Å². The second kappa shape index (κ2) is 8.85. The van der Waals surface area contributed by atoms with Crippen molar-refractivity contribution >= 4 is 11.8 Å². The maximum atomic E-state index is 12.1. The Balaban J connectivity index is 1.36. The summed E-state index contributed by atoms with van der Waals surface area (Å²) in [6.45, 7) is 4.17. The van der Waals surface area contributed by atoms with E-state index in [1.165, 1.54) is 12.0 Å². The van der Waals surface area contributed by atoms with Crippen LogP contribution >= 0.6 is 0 Å². The third-order valence-corrected chi connectivity index (χ3v) is 4.97. The summed E-state index contributed by atoms with van der Waals surface area (Å²) in [7, 11) is 1.69. The number of hydrogen-bond donors (Lipinski definition) is 1. The first-order valence-electron chi connectivity index (χ1n) is 9.21. The predicted octanol–water partition coefficient (Wildman–Crippen LogP) is 3.27. The van der Waals surface area contributed by atoms with Crippen molar-refractivity contribution < 1.29 is 14.1 Å². The second-order valence-corrected chi connectivity index (χ2v) is 6.99. The van der Waals surface area contributed by atoms with E-state index in [1.807, 2.05) is 19.1 Å². The highest BCUT2D eigenvalue weighted by Crippen LogP contribution is 2.23. The molecule has 0 unspecified atom stereocenters.